The Labute approximate surface area is 162 Å². The number of aryl methyl sites for hydroxylation is 1. The molecular formula is C22H24F2O4. The molecule has 150 valence electrons. The van der Waals surface area contributed by atoms with Crippen LogP contribution >= 0.6 is 0 Å². The van der Waals surface area contributed by atoms with Crippen molar-refractivity contribution in [2.75, 3.05) is 13.2 Å². The maximum absolute atomic E-state index is 14.7. The van der Waals surface area contributed by atoms with Crippen LogP contribution in [0.3, 0.4) is 0 Å². The lowest BCUT2D eigenvalue weighted by Crippen LogP contribution is -2.44. The Bertz CT molecular complexity index is 835. The van der Waals surface area contributed by atoms with Crippen LogP contribution in [0.5, 0.6) is 5.75 Å². The van der Waals surface area contributed by atoms with Gasteiger partial charge in [-0.1, -0.05) is 36.4 Å². The molecule has 1 aliphatic heterocycles. The van der Waals surface area contributed by atoms with E-state index in [2.05, 4.69) is 0 Å². The van der Waals surface area contributed by atoms with Crippen molar-refractivity contribution in [3.63, 3.8) is 0 Å². The summed E-state index contributed by atoms with van der Waals surface area (Å²) in [6.45, 7) is 1.22. The summed E-state index contributed by atoms with van der Waals surface area (Å²) in [5, 5.41) is 20.9. The summed E-state index contributed by atoms with van der Waals surface area (Å²) in [5.41, 5.74) is -1.44. The van der Waals surface area contributed by atoms with Crippen molar-refractivity contribution in [1.82, 2.24) is 0 Å². The van der Waals surface area contributed by atoms with Gasteiger partial charge in [0.25, 0.3) is 0 Å². The molecule has 2 aromatic rings. The zero-order valence-corrected chi connectivity index (χ0v) is 15.5. The number of alkyl halides is 2. The first-order valence-corrected chi connectivity index (χ1v) is 9.63. The van der Waals surface area contributed by atoms with Crippen LogP contribution in [0.4, 0.5) is 8.78 Å². The topological polar surface area (TPSA) is 58.9 Å². The number of hydrogen-bond donors (Lipinski definition) is 2. The van der Waals surface area contributed by atoms with Gasteiger partial charge >= 0.3 is 5.92 Å². The van der Waals surface area contributed by atoms with Gasteiger partial charge in [0.1, 0.15) is 18.5 Å². The highest BCUT2D eigenvalue weighted by atomic mass is 19.3. The molecule has 0 bridgehead atoms. The maximum Gasteiger partial charge on any atom is 0.309 e. The molecule has 1 aliphatic carbocycles. The third-order valence-electron chi connectivity index (χ3n) is 5.73. The largest absolute Gasteiger partial charge is 0.491 e. The zero-order valence-electron chi connectivity index (χ0n) is 15.5. The highest BCUT2D eigenvalue weighted by Crippen LogP contribution is 2.55. The molecular weight excluding hydrogens is 366 g/mol. The number of aliphatic hydroxyl groups is 2. The number of benzene rings is 2. The van der Waals surface area contributed by atoms with E-state index in [1.807, 2.05) is 12.1 Å². The Hall–Kier alpha value is -2.02. The van der Waals surface area contributed by atoms with Gasteiger partial charge < -0.3 is 19.7 Å². The average Bonchev–Trinajstić information content (AvgIpc) is 3.28. The molecule has 0 amide bonds. The van der Waals surface area contributed by atoms with Crippen molar-refractivity contribution in [2.24, 2.45) is 0 Å². The van der Waals surface area contributed by atoms with E-state index in [1.165, 1.54) is 12.1 Å². The lowest BCUT2D eigenvalue weighted by atomic mass is 9.86. The summed E-state index contributed by atoms with van der Waals surface area (Å²) in [5.74, 6) is -3.00. The monoisotopic (exact) mass is 390 g/mol. The molecule has 0 radical (unpaired) electrons. The summed E-state index contributed by atoms with van der Waals surface area (Å²) in [4.78, 5) is 0. The number of rotatable bonds is 6. The minimum atomic E-state index is -3.65. The van der Waals surface area contributed by atoms with Crippen molar-refractivity contribution < 1.29 is 28.5 Å². The van der Waals surface area contributed by atoms with Crippen molar-refractivity contribution in [2.45, 2.75) is 49.4 Å². The second-order valence-corrected chi connectivity index (χ2v) is 7.57. The third-order valence-corrected chi connectivity index (χ3v) is 5.73. The lowest BCUT2D eigenvalue weighted by Gasteiger charge is -2.31. The Balaban J connectivity index is 1.47. The van der Waals surface area contributed by atoms with Crippen LogP contribution in [0.1, 0.15) is 42.1 Å². The van der Waals surface area contributed by atoms with E-state index in [9.17, 15) is 19.0 Å². The van der Waals surface area contributed by atoms with E-state index >= 15 is 0 Å². The van der Waals surface area contributed by atoms with E-state index < -0.39 is 17.6 Å². The van der Waals surface area contributed by atoms with Gasteiger partial charge in [-0.2, -0.15) is 8.78 Å². The van der Waals surface area contributed by atoms with E-state index in [1.54, 1.807) is 24.3 Å². The van der Waals surface area contributed by atoms with Crippen LogP contribution in [0, 0.1) is 0 Å². The van der Waals surface area contributed by atoms with Crippen LogP contribution in [-0.4, -0.2) is 35.5 Å². The van der Waals surface area contributed by atoms with Gasteiger partial charge in [0, 0.05) is 6.61 Å². The molecule has 4 rings (SSSR count). The Morgan fingerprint density at radius 3 is 2.75 bits per heavy atom. The van der Waals surface area contributed by atoms with Gasteiger partial charge in [0.2, 0.25) is 0 Å². The van der Waals surface area contributed by atoms with Gasteiger partial charge in [-0.15, -0.1) is 0 Å². The molecule has 0 aromatic heterocycles. The maximum atomic E-state index is 14.7. The summed E-state index contributed by atoms with van der Waals surface area (Å²) in [7, 11) is 0. The molecule has 2 unspecified atom stereocenters. The summed E-state index contributed by atoms with van der Waals surface area (Å²) >= 11 is 0. The van der Waals surface area contributed by atoms with E-state index in [0.717, 1.165) is 25.0 Å². The van der Waals surface area contributed by atoms with Crippen molar-refractivity contribution in [3.8, 4) is 5.75 Å². The van der Waals surface area contributed by atoms with Gasteiger partial charge in [0.05, 0.1) is 6.10 Å². The Morgan fingerprint density at radius 2 is 1.96 bits per heavy atom. The molecule has 2 N–H and O–H groups in total. The van der Waals surface area contributed by atoms with Gasteiger partial charge in [-0.25, -0.2) is 0 Å². The normalized spacial score (nSPS) is 28.3. The first kappa shape index (κ1) is 19.3. The number of fused-ring (bicyclic) bond motifs is 1. The zero-order chi connectivity index (χ0) is 19.8. The average molecular weight is 390 g/mol. The molecule has 3 atom stereocenters. The Kier molecular flexibility index (Phi) is 5.12. The second-order valence-electron chi connectivity index (χ2n) is 7.57. The second kappa shape index (κ2) is 7.43. The van der Waals surface area contributed by atoms with Crippen LogP contribution in [0.2, 0.25) is 0 Å². The Morgan fingerprint density at radius 1 is 1.14 bits per heavy atom. The molecule has 1 heterocycles. The van der Waals surface area contributed by atoms with Gasteiger partial charge in [-0.3, -0.25) is 0 Å². The quantitative estimate of drug-likeness (QED) is 0.789. The molecule has 0 saturated carbocycles. The minimum Gasteiger partial charge on any atom is -0.491 e. The molecule has 2 aromatic carbocycles. The molecule has 2 aliphatic rings. The number of halogens is 2. The van der Waals surface area contributed by atoms with Crippen LogP contribution in [0.25, 0.3) is 0 Å². The van der Waals surface area contributed by atoms with E-state index in [0.29, 0.717) is 12.4 Å². The summed E-state index contributed by atoms with van der Waals surface area (Å²) in [6.07, 6.45) is 0.125. The van der Waals surface area contributed by atoms with Crippen LogP contribution in [-0.2, 0) is 16.8 Å². The molecule has 6 heteroatoms. The third kappa shape index (κ3) is 3.30. The lowest BCUT2D eigenvalue weighted by molar-refractivity contribution is -0.226. The first-order valence-electron chi connectivity index (χ1n) is 9.63. The number of ether oxygens (including phenoxy) is 2. The van der Waals surface area contributed by atoms with Gasteiger partial charge in [-0.05, 0) is 54.5 Å². The van der Waals surface area contributed by atoms with Crippen molar-refractivity contribution >= 4 is 0 Å². The van der Waals surface area contributed by atoms with Crippen molar-refractivity contribution in [1.29, 1.82) is 0 Å². The van der Waals surface area contributed by atoms with Crippen molar-refractivity contribution in [3.05, 3.63) is 65.2 Å². The van der Waals surface area contributed by atoms with E-state index in [4.69, 9.17) is 9.47 Å². The first-order chi connectivity index (χ1) is 13.4. The SMILES string of the molecule is OC1c2ccccc2C(O)(CCc2cccc(OC[C@@H]3CCCO3)c2)C1(F)F. The summed E-state index contributed by atoms with van der Waals surface area (Å²) in [6, 6.07) is 13.3. The number of hydrogen-bond acceptors (Lipinski definition) is 4. The highest BCUT2D eigenvalue weighted by molar-refractivity contribution is 5.43. The van der Waals surface area contributed by atoms with E-state index in [-0.39, 0.29) is 30.1 Å². The van der Waals surface area contributed by atoms with Gasteiger partial charge in [0.15, 0.2) is 5.60 Å². The van der Waals surface area contributed by atoms with Crippen LogP contribution < -0.4 is 4.74 Å². The standard InChI is InChI=1S/C22H24F2O4/c23-22(24)20(25)18-8-1-2-9-19(18)21(22,26)11-10-15-5-3-6-16(13-15)28-14-17-7-4-12-27-17/h1-3,5-6,8-9,13,17,20,25-26H,4,7,10-12,14H2/t17-,20?,21?/m0/s1. The fourth-order valence-electron chi connectivity index (χ4n) is 4.10. The molecule has 1 fully saturated rings. The molecule has 28 heavy (non-hydrogen) atoms. The molecule has 4 nitrogen and oxygen atoms in total. The minimum absolute atomic E-state index is 0.0867. The summed E-state index contributed by atoms with van der Waals surface area (Å²) < 4.78 is 40.7. The fraction of sp³-hybridized carbons (Fsp3) is 0.455. The smallest absolute Gasteiger partial charge is 0.309 e. The predicted molar refractivity (Wildman–Crippen MR) is 99.5 cm³/mol. The number of aliphatic hydroxyl groups excluding tert-OH is 1. The highest BCUT2D eigenvalue weighted by Gasteiger charge is 2.64. The molecule has 0 spiro atoms. The predicted octanol–water partition coefficient (Wildman–Crippen LogP) is 3.75. The molecule has 1 saturated heterocycles. The fourth-order valence-corrected chi connectivity index (χ4v) is 4.10. The van der Waals surface area contributed by atoms with Crippen LogP contribution in [0.15, 0.2) is 48.5 Å².